The van der Waals surface area contributed by atoms with E-state index in [-0.39, 0.29) is 26.8 Å². The first kappa shape index (κ1) is 18.4. The molecule has 1 N–H and O–H groups in total. The molecule has 0 aromatic heterocycles. The minimum absolute atomic E-state index is 0. The van der Waals surface area contributed by atoms with Gasteiger partial charge in [0.25, 0.3) is 0 Å². The van der Waals surface area contributed by atoms with Gasteiger partial charge in [-0.1, -0.05) is 20.3 Å². The Bertz CT molecular complexity index is 179. The van der Waals surface area contributed by atoms with Crippen molar-refractivity contribution >= 4 is 12.3 Å². The first-order valence-electron chi connectivity index (χ1n) is 6.04. The highest BCUT2D eigenvalue weighted by molar-refractivity contribution is 5.72. The van der Waals surface area contributed by atoms with E-state index >= 15 is 0 Å². The molecule has 0 aromatic rings. The zero-order valence-corrected chi connectivity index (χ0v) is 11.2. The van der Waals surface area contributed by atoms with Crippen LogP contribution in [0.25, 0.3) is 0 Å². The fourth-order valence-corrected chi connectivity index (χ4v) is 0.740. The number of hydrogen-bond donors (Lipinski definition) is 1. The lowest BCUT2D eigenvalue weighted by Crippen LogP contribution is -2.17. The van der Waals surface area contributed by atoms with Crippen LogP contribution in [0.3, 0.4) is 0 Å². The van der Waals surface area contributed by atoms with Crippen molar-refractivity contribution in [2.75, 3.05) is 33.4 Å². The quantitative estimate of drug-likeness (QED) is 0.380. The first-order chi connectivity index (χ1) is 8.22. The number of ether oxygens (including phenoxy) is 2. The van der Waals surface area contributed by atoms with Crippen molar-refractivity contribution < 1.29 is 20.5 Å². The molecule has 0 rings (SSSR count). The van der Waals surface area contributed by atoms with Gasteiger partial charge in [0, 0.05) is 14.4 Å². The van der Waals surface area contributed by atoms with Crippen molar-refractivity contribution in [2.45, 2.75) is 33.1 Å². The molecule has 0 aromatic carbocycles. The Hall–Kier alpha value is -0.940. The Kier molecular flexibility index (Phi) is 18.9. The summed E-state index contributed by atoms with van der Waals surface area (Å²) < 4.78 is 9.90. The summed E-state index contributed by atoms with van der Waals surface area (Å²) in [5, 5.41) is 2.92. The highest BCUT2D eigenvalue weighted by Crippen LogP contribution is 1.89. The molecule has 17 heavy (non-hydrogen) atoms. The molecule has 5 nitrogen and oxygen atoms in total. The number of rotatable bonds is 9. The van der Waals surface area contributed by atoms with Crippen LogP contribution in [0.5, 0.6) is 0 Å². The predicted octanol–water partition coefficient (Wildman–Crippen LogP) is 1.41. The second-order valence-electron chi connectivity index (χ2n) is 3.35. The topological polar surface area (TPSA) is 64.6 Å². The van der Waals surface area contributed by atoms with Gasteiger partial charge in [-0.15, -0.1) is 0 Å². The molecule has 0 aliphatic carbocycles. The normalized spacial score (nSPS) is 9.12. The Labute approximate surface area is 105 Å². The summed E-state index contributed by atoms with van der Waals surface area (Å²) in [4.78, 5) is 20.8. The molecule has 0 aliphatic rings. The zero-order valence-electron chi connectivity index (χ0n) is 11.2. The predicted molar refractivity (Wildman–Crippen MR) is 69.1 cm³/mol. The molecule has 0 unspecified atom stereocenters. The zero-order chi connectivity index (χ0) is 13.4. The average molecular weight is 249 g/mol. The Morgan fingerprint density at radius 2 is 1.94 bits per heavy atom. The average Bonchev–Trinajstić information content (AvgIpc) is 2.32. The number of likely N-dealkylation sites (N-methyl/N-ethyl adjacent to an activating group) is 1. The van der Waals surface area contributed by atoms with E-state index in [9.17, 15) is 9.59 Å². The highest BCUT2D eigenvalue weighted by Gasteiger charge is 2.00. The molecule has 0 saturated carbocycles. The Morgan fingerprint density at radius 3 is 2.47 bits per heavy atom. The third-order valence-corrected chi connectivity index (χ3v) is 1.45. The van der Waals surface area contributed by atoms with Gasteiger partial charge in [-0.2, -0.15) is 0 Å². The van der Waals surface area contributed by atoms with Crippen molar-refractivity contribution in [1.82, 2.24) is 5.32 Å². The van der Waals surface area contributed by atoms with E-state index in [2.05, 4.69) is 19.2 Å². The first-order valence-corrected chi connectivity index (χ1v) is 6.04. The van der Waals surface area contributed by atoms with Crippen LogP contribution in [0.4, 0.5) is 0 Å². The third-order valence-electron chi connectivity index (χ3n) is 1.45. The van der Waals surface area contributed by atoms with Crippen LogP contribution in [0, 0.1) is 0 Å². The summed E-state index contributed by atoms with van der Waals surface area (Å²) in [6.45, 7) is 6.28. The number of aldehydes is 1. The molecule has 0 amide bonds. The Balaban J connectivity index is -0.000000507. The fraction of sp³-hybridized carbons (Fsp3) is 0.833. The molecule has 104 valence electrons. The van der Waals surface area contributed by atoms with Crippen LogP contribution in [-0.2, 0) is 19.1 Å². The SMILES string of the molecule is CCC.CNCCOCCOC(=O)CCC=O.[HH]. The molecule has 0 fully saturated rings. The van der Waals surface area contributed by atoms with Crippen LogP contribution < -0.4 is 5.32 Å². The van der Waals surface area contributed by atoms with Crippen LogP contribution in [0.2, 0.25) is 0 Å². The van der Waals surface area contributed by atoms with Crippen molar-refractivity contribution in [2.24, 2.45) is 0 Å². The molecular weight excluding hydrogens is 222 g/mol. The molecule has 0 bridgehead atoms. The van der Waals surface area contributed by atoms with Crippen LogP contribution in [-0.4, -0.2) is 45.7 Å². The summed E-state index contributed by atoms with van der Waals surface area (Å²) in [7, 11) is 1.84. The lowest BCUT2D eigenvalue weighted by atomic mass is 10.3. The minimum atomic E-state index is -0.352. The van der Waals surface area contributed by atoms with Gasteiger partial charge in [0.1, 0.15) is 12.9 Å². The van der Waals surface area contributed by atoms with Crippen molar-refractivity contribution in [3.8, 4) is 0 Å². The number of carbonyl (C=O) groups excluding carboxylic acids is 2. The number of carbonyl (C=O) groups is 2. The van der Waals surface area contributed by atoms with Gasteiger partial charge in [-0.3, -0.25) is 4.79 Å². The van der Waals surface area contributed by atoms with Crippen LogP contribution in [0.1, 0.15) is 34.5 Å². The monoisotopic (exact) mass is 249 g/mol. The number of esters is 1. The van der Waals surface area contributed by atoms with Crippen molar-refractivity contribution in [3.63, 3.8) is 0 Å². The largest absolute Gasteiger partial charge is 0.463 e. The highest BCUT2D eigenvalue weighted by atomic mass is 16.6. The van der Waals surface area contributed by atoms with E-state index in [1.54, 1.807) is 0 Å². The van der Waals surface area contributed by atoms with Gasteiger partial charge >= 0.3 is 5.97 Å². The van der Waals surface area contributed by atoms with E-state index in [0.717, 1.165) is 6.54 Å². The summed E-state index contributed by atoms with van der Waals surface area (Å²) in [5.41, 5.74) is 0. The molecule has 0 aliphatic heterocycles. The van der Waals surface area contributed by atoms with Crippen LogP contribution >= 0.6 is 0 Å². The molecule has 5 heteroatoms. The van der Waals surface area contributed by atoms with E-state index < -0.39 is 0 Å². The number of hydrogen-bond acceptors (Lipinski definition) is 5. The third kappa shape index (κ3) is 21.0. The molecule has 0 spiro atoms. The summed E-state index contributed by atoms with van der Waals surface area (Å²) in [6.07, 6.45) is 2.32. The smallest absolute Gasteiger partial charge is 0.306 e. The van der Waals surface area contributed by atoms with E-state index in [1.165, 1.54) is 6.42 Å². The maximum absolute atomic E-state index is 10.8. The minimum Gasteiger partial charge on any atom is -0.463 e. The lowest BCUT2D eigenvalue weighted by Gasteiger charge is -2.04. The van der Waals surface area contributed by atoms with Gasteiger partial charge in [0.05, 0.1) is 19.6 Å². The second-order valence-corrected chi connectivity index (χ2v) is 3.35. The van der Waals surface area contributed by atoms with E-state index in [1.807, 2.05) is 7.05 Å². The lowest BCUT2D eigenvalue weighted by molar-refractivity contribution is -0.145. The fourth-order valence-electron chi connectivity index (χ4n) is 0.740. The van der Waals surface area contributed by atoms with E-state index in [0.29, 0.717) is 19.5 Å². The van der Waals surface area contributed by atoms with Crippen molar-refractivity contribution in [3.05, 3.63) is 0 Å². The number of nitrogens with one attached hydrogen (secondary N) is 1. The maximum Gasteiger partial charge on any atom is 0.306 e. The molecule has 0 atom stereocenters. The van der Waals surface area contributed by atoms with Gasteiger partial charge in [0.2, 0.25) is 0 Å². The molecule has 0 heterocycles. The van der Waals surface area contributed by atoms with Gasteiger partial charge < -0.3 is 19.6 Å². The molecule has 0 radical (unpaired) electrons. The van der Waals surface area contributed by atoms with Gasteiger partial charge in [-0.05, 0) is 7.05 Å². The van der Waals surface area contributed by atoms with Gasteiger partial charge in [-0.25, -0.2) is 0 Å². The standard InChI is InChI=1S/C9H17NO4.C3H8.H2/c1-10-4-6-13-7-8-14-9(12)3-2-5-11;1-3-2;/h5,10H,2-4,6-8H2,1H3;3H2,1-2H3;1H. The summed E-state index contributed by atoms with van der Waals surface area (Å²) in [5.74, 6) is -0.352. The van der Waals surface area contributed by atoms with Crippen LogP contribution in [0.15, 0.2) is 0 Å². The summed E-state index contributed by atoms with van der Waals surface area (Å²) in [6, 6.07) is 0. The van der Waals surface area contributed by atoms with Crippen molar-refractivity contribution in [1.29, 1.82) is 0 Å². The van der Waals surface area contributed by atoms with Gasteiger partial charge in [0.15, 0.2) is 0 Å². The Morgan fingerprint density at radius 1 is 1.29 bits per heavy atom. The summed E-state index contributed by atoms with van der Waals surface area (Å²) >= 11 is 0. The molecular formula is C12H27NO4. The van der Waals surface area contributed by atoms with E-state index in [4.69, 9.17) is 9.47 Å². The second kappa shape index (κ2) is 17.5. The maximum atomic E-state index is 10.8. The molecule has 0 saturated heterocycles.